The lowest BCUT2D eigenvalue weighted by Crippen LogP contribution is -2.32. The molecule has 1 N–H and O–H groups in total. The van der Waals surface area contributed by atoms with Gasteiger partial charge in [0.2, 0.25) is 0 Å². The second-order valence-electron chi connectivity index (χ2n) is 8.34. The first-order valence-electron chi connectivity index (χ1n) is 11.4. The Hall–Kier alpha value is -4.06. The van der Waals surface area contributed by atoms with Gasteiger partial charge in [0.25, 0.3) is 11.8 Å². The summed E-state index contributed by atoms with van der Waals surface area (Å²) in [7, 11) is 0. The zero-order valence-electron chi connectivity index (χ0n) is 19.6. The van der Waals surface area contributed by atoms with Gasteiger partial charge >= 0.3 is 0 Å². The highest BCUT2D eigenvalue weighted by Crippen LogP contribution is 2.34. The number of nitrogens with zero attached hydrogens (tertiary/aromatic N) is 1. The quantitative estimate of drug-likeness (QED) is 0.430. The predicted molar refractivity (Wildman–Crippen MR) is 134 cm³/mol. The summed E-state index contributed by atoms with van der Waals surface area (Å²) in [4.78, 5) is 28.2. The van der Waals surface area contributed by atoms with Crippen molar-refractivity contribution in [1.82, 2.24) is 0 Å². The van der Waals surface area contributed by atoms with E-state index in [1.54, 1.807) is 24.3 Å². The molecule has 6 nitrogen and oxygen atoms in total. The molecule has 0 fully saturated rings. The predicted octanol–water partition coefficient (Wildman–Crippen LogP) is 5.52. The minimum Gasteiger partial charge on any atom is -0.494 e. The molecule has 0 saturated carbocycles. The average molecular weight is 457 g/mol. The van der Waals surface area contributed by atoms with Crippen molar-refractivity contribution >= 4 is 28.8 Å². The Kier molecular flexibility index (Phi) is 6.97. The van der Waals surface area contributed by atoms with Gasteiger partial charge in [-0.25, -0.2) is 4.90 Å². The summed E-state index contributed by atoms with van der Waals surface area (Å²) < 4.78 is 11.2. The number of hydrogen-bond acceptors (Lipinski definition) is 5. The van der Waals surface area contributed by atoms with Crippen LogP contribution < -0.4 is 19.7 Å². The van der Waals surface area contributed by atoms with E-state index < -0.39 is 5.91 Å². The van der Waals surface area contributed by atoms with Crippen molar-refractivity contribution in [1.29, 1.82) is 0 Å². The molecular formula is C28H28N2O4. The molecule has 0 unspecified atom stereocenters. The zero-order valence-corrected chi connectivity index (χ0v) is 19.6. The maximum absolute atomic E-state index is 13.5. The second kappa shape index (κ2) is 10.3. The van der Waals surface area contributed by atoms with Gasteiger partial charge in [-0.3, -0.25) is 9.59 Å². The molecule has 2 amide bonds. The van der Waals surface area contributed by atoms with Crippen LogP contribution in [0.4, 0.5) is 11.4 Å². The lowest BCUT2D eigenvalue weighted by molar-refractivity contribution is -0.120. The number of hydrogen-bond donors (Lipinski definition) is 1. The first-order chi connectivity index (χ1) is 16.5. The number of benzene rings is 3. The summed E-state index contributed by atoms with van der Waals surface area (Å²) in [5.41, 5.74) is 2.42. The third kappa shape index (κ3) is 4.96. The molecule has 1 heterocycles. The van der Waals surface area contributed by atoms with Gasteiger partial charge in [0.05, 0.1) is 24.5 Å². The van der Waals surface area contributed by atoms with E-state index in [0.717, 1.165) is 5.75 Å². The topological polar surface area (TPSA) is 67.9 Å². The van der Waals surface area contributed by atoms with Crippen molar-refractivity contribution in [3.63, 3.8) is 0 Å². The highest BCUT2D eigenvalue weighted by molar-refractivity contribution is 6.46. The van der Waals surface area contributed by atoms with Crippen LogP contribution in [0.25, 0.3) is 5.57 Å². The average Bonchev–Trinajstić information content (AvgIpc) is 3.09. The number of ether oxygens (including phenoxy) is 2. The third-order valence-electron chi connectivity index (χ3n) is 5.26. The van der Waals surface area contributed by atoms with E-state index in [1.165, 1.54) is 4.90 Å². The van der Waals surface area contributed by atoms with E-state index in [0.29, 0.717) is 47.4 Å². The summed E-state index contributed by atoms with van der Waals surface area (Å²) >= 11 is 0. The maximum Gasteiger partial charge on any atom is 0.282 e. The molecule has 0 spiro atoms. The lowest BCUT2D eigenvalue weighted by Gasteiger charge is -2.16. The maximum atomic E-state index is 13.5. The van der Waals surface area contributed by atoms with Gasteiger partial charge in [-0.1, -0.05) is 44.2 Å². The van der Waals surface area contributed by atoms with Gasteiger partial charge in [0, 0.05) is 5.69 Å². The molecular weight excluding hydrogens is 428 g/mol. The van der Waals surface area contributed by atoms with Gasteiger partial charge in [0.1, 0.15) is 17.2 Å². The summed E-state index contributed by atoms with van der Waals surface area (Å²) in [6.07, 6.45) is 0. The minimum absolute atomic E-state index is 0.237. The Morgan fingerprint density at radius 1 is 0.794 bits per heavy atom. The Bertz CT molecular complexity index is 1180. The van der Waals surface area contributed by atoms with Crippen LogP contribution in [0.1, 0.15) is 26.3 Å². The van der Waals surface area contributed by atoms with Crippen molar-refractivity contribution in [3.8, 4) is 11.5 Å². The largest absolute Gasteiger partial charge is 0.494 e. The third-order valence-corrected chi connectivity index (χ3v) is 5.26. The van der Waals surface area contributed by atoms with Crippen LogP contribution in [0.15, 0.2) is 84.6 Å². The fourth-order valence-electron chi connectivity index (χ4n) is 3.65. The van der Waals surface area contributed by atoms with E-state index in [1.807, 2.05) is 61.5 Å². The van der Waals surface area contributed by atoms with Crippen molar-refractivity contribution in [2.45, 2.75) is 20.8 Å². The highest BCUT2D eigenvalue weighted by atomic mass is 16.5. The number of amides is 2. The molecule has 0 radical (unpaired) electrons. The van der Waals surface area contributed by atoms with Crippen molar-refractivity contribution in [2.24, 2.45) is 5.92 Å². The number of nitrogens with one attached hydrogen (secondary N) is 1. The van der Waals surface area contributed by atoms with Crippen LogP contribution in [0.5, 0.6) is 11.5 Å². The van der Waals surface area contributed by atoms with Crippen LogP contribution in [-0.2, 0) is 9.59 Å². The zero-order chi connectivity index (χ0) is 24.1. The summed E-state index contributed by atoms with van der Waals surface area (Å²) in [5, 5.41) is 3.17. The molecule has 6 heteroatoms. The van der Waals surface area contributed by atoms with E-state index in [4.69, 9.17) is 9.47 Å². The first kappa shape index (κ1) is 23.1. The summed E-state index contributed by atoms with van der Waals surface area (Å²) in [6.45, 7) is 7.23. The number of anilines is 2. The van der Waals surface area contributed by atoms with Crippen LogP contribution in [-0.4, -0.2) is 25.0 Å². The SMILES string of the molecule is CCOc1ccc(NC2=C(c3ccccc3)C(=O)N(c3ccc(OCC(C)C)cc3)C2=O)cc1. The standard InChI is InChI=1S/C28H28N2O4/c1-4-33-23-14-10-21(11-15-23)29-26-25(20-8-6-5-7-9-20)27(31)30(28(26)32)22-12-16-24(17-13-22)34-18-19(2)3/h5-17,19,29H,4,18H2,1-3H3. The van der Waals surface area contributed by atoms with E-state index in [-0.39, 0.29) is 11.6 Å². The fraction of sp³-hybridized carbons (Fsp3) is 0.214. The van der Waals surface area contributed by atoms with Gasteiger partial charge in [-0.15, -0.1) is 0 Å². The molecule has 3 aromatic carbocycles. The van der Waals surface area contributed by atoms with E-state index in [2.05, 4.69) is 19.2 Å². The smallest absolute Gasteiger partial charge is 0.282 e. The lowest BCUT2D eigenvalue weighted by atomic mass is 10.0. The molecule has 1 aliphatic heterocycles. The Morgan fingerprint density at radius 3 is 2.03 bits per heavy atom. The van der Waals surface area contributed by atoms with Crippen LogP contribution >= 0.6 is 0 Å². The number of carbonyl (C=O) groups is 2. The monoisotopic (exact) mass is 456 g/mol. The Labute approximate surface area is 199 Å². The van der Waals surface area contributed by atoms with Crippen molar-refractivity contribution < 1.29 is 19.1 Å². The van der Waals surface area contributed by atoms with Crippen molar-refractivity contribution in [2.75, 3.05) is 23.4 Å². The first-order valence-corrected chi connectivity index (χ1v) is 11.4. The molecule has 0 aliphatic carbocycles. The molecule has 3 aromatic rings. The normalized spacial score (nSPS) is 13.6. The van der Waals surface area contributed by atoms with Crippen LogP contribution in [0.2, 0.25) is 0 Å². The second-order valence-corrected chi connectivity index (χ2v) is 8.34. The van der Waals surface area contributed by atoms with Crippen molar-refractivity contribution in [3.05, 3.63) is 90.1 Å². The molecule has 4 rings (SSSR count). The van der Waals surface area contributed by atoms with Gasteiger partial charge in [0.15, 0.2) is 0 Å². The summed E-state index contributed by atoms with van der Waals surface area (Å²) in [6, 6.07) is 23.5. The Morgan fingerprint density at radius 2 is 1.41 bits per heavy atom. The van der Waals surface area contributed by atoms with Gasteiger partial charge < -0.3 is 14.8 Å². The van der Waals surface area contributed by atoms with Gasteiger partial charge in [-0.05, 0) is 66.9 Å². The van der Waals surface area contributed by atoms with Crippen LogP contribution in [0.3, 0.4) is 0 Å². The number of imide groups is 1. The molecule has 1 aliphatic rings. The molecule has 174 valence electrons. The Balaban J connectivity index is 1.65. The molecule has 0 atom stereocenters. The van der Waals surface area contributed by atoms with E-state index in [9.17, 15) is 9.59 Å². The minimum atomic E-state index is -0.409. The van der Waals surface area contributed by atoms with Gasteiger partial charge in [-0.2, -0.15) is 0 Å². The van der Waals surface area contributed by atoms with Crippen LogP contribution in [0, 0.1) is 5.92 Å². The molecule has 0 saturated heterocycles. The fourth-order valence-corrected chi connectivity index (χ4v) is 3.65. The number of carbonyl (C=O) groups excluding carboxylic acids is 2. The van der Waals surface area contributed by atoms with E-state index >= 15 is 0 Å². The number of rotatable bonds is 9. The molecule has 0 aromatic heterocycles. The summed E-state index contributed by atoms with van der Waals surface area (Å²) in [5.74, 6) is 1.05. The molecule has 0 bridgehead atoms. The molecule has 34 heavy (non-hydrogen) atoms. The highest BCUT2D eigenvalue weighted by Gasteiger charge is 2.40.